The summed E-state index contributed by atoms with van der Waals surface area (Å²) in [5.41, 5.74) is 1.32. The van der Waals surface area contributed by atoms with Gasteiger partial charge in [-0.15, -0.1) is 0 Å². The number of hydrogen-bond acceptors (Lipinski definition) is 6. The molecule has 158 valence electrons. The van der Waals surface area contributed by atoms with Gasteiger partial charge in [0.2, 0.25) is 11.8 Å². The zero-order chi connectivity index (χ0) is 21.8. The number of methoxy groups -OCH3 is 1. The third-order valence-corrected chi connectivity index (χ3v) is 4.99. The highest BCUT2D eigenvalue weighted by Gasteiger charge is 2.56. The lowest BCUT2D eigenvalue weighted by Crippen LogP contribution is -2.68. The molecule has 1 saturated heterocycles. The van der Waals surface area contributed by atoms with Crippen molar-refractivity contribution in [3.05, 3.63) is 60.2 Å². The summed E-state index contributed by atoms with van der Waals surface area (Å²) >= 11 is 0. The Kier molecular flexibility index (Phi) is 6.37. The van der Waals surface area contributed by atoms with Crippen LogP contribution in [0.3, 0.4) is 0 Å². The summed E-state index contributed by atoms with van der Waals surface area (Å²) in [6.45, 7) is 2.98. The first-order valence-corrected chi connectivity index (χ1v) is 9.51. The van der Waals surface area contributed by atoms with Gasteiger partial charge in [-0.1, -0.05) is 30.3 Å². The number of amides is 2. The van der Waals surface area contributed by atoms with Crippen LogP contribution in [0.25, 0.3) is 0 Å². The first-order valence-electron chi connectivity index (χ1n) is 9.51. The minimum absolute atomic E-state index is 0.367. The van der Waals surface area contributed by atoms with Gasteiger partial charge in [0.15, 0.2) is 6.23 Å². The van der Waals surface area contributed by atoms with Crippen LogP contribution in [0.1, 0.15) is 25.5 Å². The highest BCUT2D eigenvalue weighted by atomic mass is 16.6. The van der Waals surface area contributed by atoms with Crippen molar-refractivity contribution >= 4 is 23.5 Å². The van der Waals surface area contributed by atoms with Crippen molar-refractivity contribution in [2.75, 3.05) is 12.0 Å². The van der Waals surface area contributed by atoms with E-state index in [2.05, 4.69) is 5.32 Å². The van der Waals surface area contributed by atoms with Crippen LogP contribution in [-0.4, -0.2) is 42.3 Å². The molecule has 0 bridgehead atoms. The predicted octanol–water partition coefficient (Wildman–Crippen LogP) is 1.79. The van der Waals surface area contributed by atoms with Gasteiger partial charge in [0.25, 0.3) is 0 Å². The van der Waals surface area contributed by atoms with Crippen molar-refractivity contribution < 1.29 is 29.0 Å². The highest BCUT2D eigenvalue weighted by molar-refractivity contribution is 6.06. The summed E-state index contributed by atoms with van der Waals surface area (Å²) in [5.74, 6) is -2.44. The zero-order valence-electron chi connectivity index (χ0n) is 16.9. The first kappa shape index (κ1) is 21.3. The monoisotopic (exact) mass is 412 g/mol. The van der Waals surface area contributed by atoms with Crippen LogP contribution in [-0.2, 0) is 19.1 Å². The Balaban J connectivity index is 1.75. The normalized spacial score (nSPS) is 20.0. The molecule has 2 N–H and O–H groups in total. The number of aliphatic hydroxyl groups is 1. The summed E-state index contributed by atoms with van der Waals surface area (Å²) in [4.78, 5) is 38.2. The number of nitrogens with zero attached hydrogens (tertiary/aromatic N) is 1. The van der Waals surface area contributed by atoms with E-state index in [1.807, 2.05) is 30.3 Å². The van der Waals surface area contributed by atoms with Gasteiger partial charge < -0.3 is 19.9 Å². The lowest BCUT2D eigenvalue weighted by molar-refractivity contribution is -0.170. The number of aliphatic hydroxyl groups excluding tert-OH is 1. The molecule has 8 nitrogen and oxygen atoms in total. The van der Waals surface area contributed by atoms with Gasteiger partial charge in [-0.3, -0.25) is 19.3 Å². The van der Waals surface area contributed by atoms with E-state index in [0.717, 1.165) is 5.56 Å². The van der Waals surface area contributed by atoms with E-state index in [1.54, 1.807) is 31.2 Å². The van der Waals surface area contributed by atoms with Gasteiger partial charge in [-0.25, -0.2) is 0 Å². The fourth-order valence-corrected chi connectivity index (χ4v) is 3.38. The summed E-state index contributed by atoms with van der Waals surface area (Å²) < 4.78 is 10.3. The molecule has 8 heteroatoms. The average molecular weight is 412 g/mol. The molecule has 1 fully saturated rings. The van der Waals surface area contributed by atoms with Crippen LogP contribution in [0.5, 0.6) is 5.75 Å². The quantitative estimate of drug-likeness (QED) is 0.531. The van der Waals surface area contributed by atoms with Gasteiger partial charge in [0.05, 0.1) is 13.2 Å². The molecule has 0 unspecified atom stereocenters. The highest BCUT2D eigenvalue weighted by Crippen LogP contribution is 2.36. The molecule has 3 rings (SSSR count). The fourth-order valence-electron chi connectivity index (χ4n) is 3.38. The van der Waals surface area contributed by atoms with E-state index < -0.39 is 36.0 Å². The third-order valence-electron chi connectivity index (χ3n) is 4.99. The van der Waals surface area contributed by atoms with Crippen molar-refractivity contribution in [2.45, 2.75) is 32.2 Å². The van der Waals surface area contributed by atoms with Crippen LogP contribution in [0.15, 0.2) is 54.6 Å². The third kappa shape index (κ3) is 4.28. The Morgan fingerprint density at radius 2 is 1.73 bits per heavy atom. The molecular weight excluding hydrogens is 388 g/mol. The van der Waals surface area contributed by atoms with Crippen LogP contribution in [0, 0.1) is 5.92 Å². The molecule has 2 aromatic rings. The number of nitrogens with one attached hydrogen (secondary N) is 1. The predicted molar refractivity (Wildman–Crippen MR) is 109 cm³/mol. The number of esters is 1. The van der Waals surface area contributed by atoms with Crippen molar-refractivity contribution in [1.82, 2.24) is 5.32 Å². The van der Waals surface area contributed by atoms with Gasteiger partial charge >= 0.3 is 5.97 Å². The van der Waals surface area contributed by atoms with Crippen LogP contribution >= 0.6 is 0 Å². The molecule has 0 radical (unpaired) electrons. The Bertz CT molecular complexity index is 915. The summed E-state index contributed by atoms with van der Waals surface area (Å²) in [5, 5.41) is 13.3. The largest absolute Gasteiger partial charge is 0.497 e. The Labute approximate surface area is 174 Å². The number of hydrogen-bond donors (Lipinski definition) is 2. The number of anilines is 1. The van der Waals surface area contributed by atoms with Crippen molar-refractivity contribution in [1.29, 1.82) is 0 Å². The van der Waals surface area contributed by atoms with Gasteiger partial charge in [0, 0.05) is 12.6 Å². The van der Waals surface area contributed by atoms with E-state index >= 15 is 0 Å². The molecule has 1 heterocycles. The smallest absolute Gasteiger partial charge is 0.304 e. The van der Waals surface area contributed by atoms with Crippen LogP contribution in [0.4, 0.5) is 5.69 Å². The lowest BCUT2D eigenvalue weighted by Gasteiger charge is -2.46. The Morgan fingerprint density at radius 3 is 2.30 bits per heavy atom. The maximum atomic E-state index is 12.8. The molecule has 1 aliphatic rings. The maximum Gasteiger partial charge on any atom is 0.304 e. The molecule has 2 aromatic carbocycles. The molecule has 0 spiro atoms. The molecule has 30 heavy (non-hydrogen) atoms. The van der Waals surface area contributed by atoms with E-state index in [9.17, 15) is 19.5 Å². The molecule has 0 saturated carbocycles. The maximum absolute atomic E-state index is 12.8. The van der Waals surface area contributed by atoms with Gasteiger partial charge in [0.1, 0.15) is 17.8 Å². The van der Waals surface area contributed by atoms with Crippen molar-refractivity contribution in [3.8, 4) is 5.75 Å². The zero-order valence-corrected chi connectivity index (χ0v) is 16.9. The average Bonchev–Trinajstić information content (AvgIpc) is 2.74. The minimum atomic E-state index is -1.66. The Hall–Kier alpha value is -3.39. The second kappa shape index (κ2) is 8.96. The van der Waals surface area contributed by atoms with Crippen molar-refractivity contribution in [2.24, 2.45) is 5.92 Å². The van der Waals surface area contributed by atoms with Gasteiger partial charge in [-0.05, 0) is 36.8 Å². The van der Waals surface area contributed by atoms with E-state index in [1.165, 1.54) is 18.9 Å². The summed E-state index contributed by atoms with van der Waals surface area (Å²) in [7, 11) is 1.52. The summed E-state index contributed by atoms with van der Waals surface area (Å²) in [6.07, 6.45) is -2.75. The molecule has 1 aliphatic heterocycles. The number of carbonyl (C=O) groups excluding carboxylic acids is 3. The minimum Gasteiger partial charge on any atom is -0.497 e. The standard InChI is InChI=1S/C22H24N2O6/c1-13(15-7-5-4-6-8-15)23-20(27)19(26)18-21(28)24(22(18)30-14(2)25)16-9-11-17(29-3)12-10-16/h4-13,18-19,22,26H,1-3H3,(H,23,27)/t13-,18-,19-,22+/m0/s1. The number of ether oxygens (including phenoxy) is 2. The second-order valence-corrected chi connectivity index (χ2v) is 7.02. The number of rotatable bonds is 7. The Morgan fingerprint density at radius 1 is 1.10 bits per heavy atom. The SMILES string of the molecule is COc1ccc(N2C(=O)[C@H]([C@H](O)C(=O)N[C@@H](C)c3ccccc3)[C@H]2OC(C)=O)cc1. The number of benzene rings is 2. The fraction of sp³-hybridized carbons (Fsp3) is 0.318. The first-order chi connectivity index (χ1) is 14.3. The summed E-state index contributed by atoms with van der Waals surface area (Å²) in [6, 6.07) is 15.4. The molecule has 2 amide bonds. The van der Waals surface area contributed by atoms with Crippen LogP contribution in [0.2, 0.25) is 0 Å². The number of β-lactam (4-membered cyclic amide) rings is 1. The van der Waals surface area contributed by atoms with E-state index in [-0.39, 0.29) is 6.04 Å². The van der Waals surface area contributed by atoms with Crippen LogP contribution < -0.4 is 15.0 Å². The topological polar surface area (TPSA) is 105 Å². The molecule has 0 aromatic heterocycles. The van der Waals surface area contributed by atoms with Gasteiger partial charge in [-0.2, -0.15) is 0 Å². The lowest BCUT2D eigenvalue weighted by atomic mass is 9.88. The van der Waals surface area contributed by atoms with Crippen molar-refractivity contribution in [3.63, 3.8) is 0 Å². The molecule has 0 aliphatic carbocycles. The second-order valence-electron chi connectivity index (χ2n) is 7.02. The number of carbonyl (C=O) groups is 3. The van der Waals surface area contributed by atoms with E-state index in [4.69, 9.17) is 9.47 Å². The molecule has 4 atom stereocenters. The van der Waals surface area contributed by atoms with E-state index in [0.29, 0.717) is 11.4 Å². The molecular formula is C22H24N2O6.